The second-order valence-corrected chi connectivity index (χ2v) is 5.19. The molecule has 90 valence electrons. The zero-order valence-corrected chi connectivity index (χ0v) is 10.2. The van der Waals surface area contributed by atoms with Crippen molar-refractivity contribution in [3.8, 4) is 0 Å². The lowest BCUT2D eigenvalue weighted by Gasteiger charge is -2.39. The number of benzene rings is 1. The molecule has 0 aromatic heterocycles. The predicted octanol–water partition coefficient (Wildman–Crippen LogP) is 2.18. The molecule has 1 aromatic carbocycles. The molecule has 1 N–H and O–H groups in total. The third-order valence-corrected chi connectivity index (χ3v) is 4.03. The van der Waals surface area contributed by atoms with Crippen molar-refractivity contribution < 1.29 is 0 Å². The van der Waals surface area contributed by atoms with Crippen LogP contribution in [0.4, 0.5) is 0 Å². The molecule has 2 aliphatic rings. The minimum atomic E-state index is 0.494. The normalized spacial score (nSPS) is 32.6. The van der Waals surface area contributed by atoms with E-state index in [1.165, 1.54) is 18.4 Å². The van der Waals surface area contributed by atoms with Crippen LogP contribution in [0, 0.1) is 0 Å². The Morgan fingerprint density at radius 3 is 2.88 bits per heavy atom. The standard InChI is InChI=1S/C15H20N2/c1-2-15-14-9-8-13(16-14)11-17(15)10-12-6-4-3-5-7-12/h2-7,13-16H,1,8-11H2/t13-,14+,15-/m1/s1. The van der Waals surface area contributed by atoms with Gasteiger partial charge in [0, 0.05) is 31.2 Å². The third kappa shape index (κ3) is 2.15. The maximum Gasteiger partial charge on any atom is 0.0433 e. The Kier molecular flexibility index (Phi) is 3.00. The largest absolute Gasteiger partial charge is 0.308 e. The Morgan fingerprint density at radius 1 is 1.29 bits per heavy atom. The molecule has 2 heteroatoms. The molecule has 1 aromatic rings. The van der Waals surface area contributed by atoms with Crippen molar-refractivity contribution in [1.29, 1.82) is 0 Å². The molecule has 2 bridgehead atoms. The molecular formula is C15H20N2. The van der Waals surface area contributed by atoms with E-state index in [4.69, 9.17) is 0 Å². The van der Waals surface area contributed by atoms with Gasteiger partial charge in [-0.2, -0.15) is 0 Å². The van der Waals surface area contributed by atoms with Gasteiger partial charge in [0.2, 0.25) is 0 Å². The molecule has 2 aliphatic heterocycles. The minimum Gasteiger partial charge on any atom is -0.308 e. The smallest absolute Gasteiger partial charge is 0.0433 e. The molecule has 3 rings (SSSR count). The molecule has 17 heavy (non-hydrogen) atoms. The monoisotopic (exact) mass is 228 g/mol. The third-order valence-electron chi connectivity index (χ3n) is 4.03. The van der Waals surface area contributed by atoms with Crippen LogP contribution in [0.15, 0.2) is 43.0 Å². The fraction of sp³-hybridized carbons (Fsp3) is 0.467. The van der Waals surface area contributed by atoms with Crippen molar-refractivity contribution in [3.63, 3.8) is 0 Å². The van der Waals surface area contributed by atoms with Crippen molar-refractivity contribution in [1.82, 2.24) is 10.2 Å². The first-order valence-electron chi connectivity index (χ1n) is 6.53. The maximum absolute atomic E-state index is 4.01. The summed E-state index contributed by atoms with van der Waals surface area (Å²) in [5.41, 5.74) is 1.40. The highest BCUT2D eigenvalue weighted by molar-refractivity contribution is 5.16. The highest BCUT2D eigenvalue weighted by Gasteiger charge is 2.38. The lowest BCUT2D eigenvalue weighted by Crippen LogP contribution is -2.56. The van der Waals surface area contributed by atoms with Crippen molar-refractivity contribution in [3.05, 3.63) is 48.6 Å². The van der Waals surface area contributed by atoms with Crippen LogP contribution in [-0.4, -0.2) is 29.6 Å². The van der Waals surface area contributed by atoms with Crippen LogP contribution in [-0.2, 0) is 6.54 Å². The SMILES string of the molecule is C=C[C@@H]1[C@@H]2CC[C@H](CN1Cc1ccccc1)N2. The number of rotatable bonds is 3. The molecule has 0 spiro atoms. The van der Waals surface area contributed by atoms with Gasteiger partial charge in [-0.05, 0) is 18.4 Å². The summed E-state index contributed by atoms with van der Waals surface area (Å²) >= 11 is 0. The van der Waals surface area contributed by atoms with Gasteiger partial charge in [-0.1, -0.05) is 36.4 Å². The van der Waals surface area contributed by atoms with E-state index in [1.807, 2.05) is 0 Å². The number of nitrogens with one attached hydrogen (secondary N) is 1. The average molecular weight is 228 g/mol. The summed E-state index contributed by atoms with van der Waals surface area (Å²) in [6.45, 7) is 6.21. The molecule has 2 nitrogen and oxygen atoms in total. The van der Waals surface area contributed by atoms with Gasteiger partial charge in [0.1, 0.15) is 0 Å². The van der Waals surface area contributed by atoms with Gasteiger partial charge in [-0.15, -0.1) is 6.58 Å². The highest BCUT2D eigenvalue weighted by atomic mass is 15.3. The number of likely N-dealkylation sites (tertiary alicyclic amines) is 1. The van der Waals surface area contributed by atoms with E-state index in [9.17, 15) is 0 Å². The second kappa shape index (κ2) is 4.63. The van der Waals surface area contributed by atoms with Crippen molar-refractivity contribution in [2.75, 3.05) is 6.54 Å². The van der Waals surface area contributed by atoms with E-state index in [0.29, 0.717) is 18.1 Å². The number of hydrogen-bond acceptors (Lipinski definition) is 2. The van der Waals surface area contributed by atoms with E-state index in [2.05, 4.69) is 53.2 Å². The maximum atomic E-state index is 4.01. The fourth-order valence-corrected chi connectivity index (χ4v) is 3.22. The Morgan fingerprint density at radius 2 is 2.12 bits per heavy atom. The lowest BCUT2D eigenvalue weighted by molar-refractivity contribution is 0.142. The summed E-state index contributed by atoms with van der Waals surface area (Å²) < 4.78 is 0. The van der Waals surface area contributed by atoms with E-state index in [1.54, 1.807) is 0 Å². The predicted molar refractivity (Wildman–Crippen MR) is 70.8 cm³/mol. The van der Waals surface area contributed by atoms with Gasteiger partial charge < -0.3 is 5.32 Å². The molecule has 2 heterocycles. The van der Waals surface area contributed by atoms with Gasteiger partial charge >= 0.3 is 0 Å². The molecule has 0 unspecified atom stereocenters. The van der Waals surface area contributed by atoms with Gasteiger partial charge in [0.15, 0.2) is 0 Å². The summed E-state index contributed by atoms with van der Waals surface area (Å²) in [6, 6.07) is 12.6. The second-order valence-electron chi connectivity index (χ2n) is 5.19. The van der Waals surface area contributed by atoms with Gasteiger partial charge in [0.05, 0.1) is 0 Å². The Hall–Kier alpha value is -1.12. The first-order chi connectivity index (χ1) is 8.36. The summed E-state index contributed by atoms with van der Waals surface area (Å²) in [4.78, 5) is 2.57. The molecule has 0 radical (unpaired) electrons. The molecule has 0 amide bonds. The number of fused-ring (bicyclic) bond motifs is 2. The molecule has 2 saturated heterocycles. The van der Waals surface area contributed by atoms with E-state index in [-0.39, 0.29) is 0 Å². The quantitative estimate of drug-likeness (QED) is 0.798. The Labute approximate surface area is 103 Å². The van der Waals surface area contributed by atoms with Crippen molar-refractivity contribution in [2.45, 2.75) is 37.5 Å². The van der Waals surface area contributed by atoms with E-state index < -0.39 is 0 Å². The van der Waals surface area contributed by atoms with Crippen LogP contribution in [0.25, 0.3) is 0 Å². The van der Waals surface area contributed by atoms with Gasteiger partial charge in [-0.25, -0.2) is 0 Å². The van der Waals surface area contributed by atoms with Gasteiger partial charge in [0.25, 0.3) is 0 Å². The van der Waals surface area contributed by atoms with Crippen molar-refractivity contribution >= 4 is 0 Å². The lowest BCUT2D eigenvalue weighted by atomic mass is 10.0. The fourth-order valence-electron chi connectivity index (χ4n) is 3.22. The molecular weight excluding hydrogens is 208 g/mol. The number of hydrogen-bond donors (Lipinski definition) is 1. The molecule has 2 fully saturated rings. The summed E-state index contributed by atoms with van der Waals surface area (Å²) in [6.07, 6.45) is 4.73. The summed E-state index contributed by atoms with van der Waals surface area (Å²) in [5, 5.41) is 3.69. The zero-order chi connectivity index (χ0) is 11.7. The van der Waals surface area contributed by atoms with Crippen LogP contribution in [0.3, 0.4) is 0 Å². The number of piperazine rings is 1. The van der Waals surface area contributed by atoms with E-state index in [0.717, 1.165) is 13.1 Å². The van der Waals surface area contributed by atoms with Crippen molar-refractivity contribution in [2.24, 2.45) is 0 Å². The van der Waals surface area contributed by atoms with Crippen LogP contribution < -0.4 is 5.32 Å². The van der Waals surface area contributed by atoms with Crippen LogP contribution >= 0.6 is 0 Å². The summed E-state index contributed by atoms with van der Waals surface area (Å²) in [5.74, 6) is 0. The Balaban J connectivity index is 1.75. The van der Waals surface area contributed by atoms with Gasteiger partial charge in [-0.3, -0.25) is 4.90 Å². The molecule has 0 aliphatic carbocycles. The average Bonchev–Trinajstić information content (AvgIpc) is 2.74. The first kappa shape index (κ1) is 11.0. The first-order valence-corrected chi connectivity index (χ1v) is 6.53. The Bertz CT molecular complexity index is 387. The number of nitrogens with zero attached hydrogens (tertiary/aromatic N) is 1. The zero-order valence-electron chi connectivity index (χ0n) is 10.2. The highest BCUT2D eigenvalue weighted by Crippen LogP contribution is 2.27. The van der Waals surface area contributed by atoms with E-state index >= 15 is 0 Å². The summed E-state index contributed by atoms with van der Waals surface area (Å²) in [7, 11) is 0. The van der Waals surface area contributed by atoms with Crippen LogP contribution in [0.1, 0.15) is 18.4 Å². The minimum absolute atomic E-state index is 0.494. The molecule has 3 atom stereocenters. The topological polar surface area (TPSA) is 15.3 Å². The van der Waals surface area contributed by atoms with Crippen LogP contribution in [0.2, 0.25) is 0 Å². The molecule has 0 saturated carbocycles. The van der Waals surface area contributed by atoms with Crippen LogP contribution in [0.5, 0.6) is 0 Å².